The number of hydrogen-bond acceptors (Lipinski definition) is 3. The minimum Gasteiger partial charge on any atom is -0.508 e. The number of nitrogens with zero attached hydrogens (tertiary/aromatic N) is 1. The van der Waals surface area contributed by atoms with Gasteiger partial charge in [-0.1, -0.05) is 25.0 Å². The topological polar surface area (TPSA) is 66.6 Å². The van der Waals surface area contributed by atoms with Crippen LogP contribution in [0.3, 0.4) is 0 Å². The predicted molar refractivity (Wildman–Crippen MR) is 81.6 cm³/mol. The van der Waals surface area contributed by atoms with E-state index in [1.165, 1.54) is 0 Å². The summed E-state index contributed by atoms with van der Waals surface area (Å²) in [7, 11) is 0. The zero-order chi connectivity index (χ0) is 14.8. The van der Waals surface area contributed by atoms with Crippen molar-refractivity contribution in [2.75, 3.05) is 0 Å². The molecule has 0 saturated heterocycles. The van der Waals surface area contributed by atoms with Gasteiger partial charge in [-0.05, 0) is 43.4 Å². The Labute approximate surface area is 125 Å². The number of carbonyl (C=O) groups excluding carboxylic acids is 1. The summed E-state index contributed by atoms with van der Waals surface area (Å²) in [6.07, 6.45) is 6.30. The lowest BCUT2D eigenvalue weighted by Gasteiger charge is -2.33. The molecular weight excluding hydrogens is 264 g/mol. The van der Waals surface area contributed by atoms with E-state index in [9.17, 15) is 9.90 Å². The smallest absolute Gasteiger partial charge is 0.227 e. The molecule has 0 radical (unpaired) electrons. The molecule has 0 bridgehead atoms. The van der Waals surface area contributed by atoms with Crippen molar-refractivity contribution in [3.8, 4) is 5.75 Å². The molecule has 1 aromatic carbocycles. The number of rotatable bonds is 4. The van der Waals surface area contributed by atoms with Crippen molar-refractivity contribution in [2.45, 2.75) is 57.2 Å². The van der Waals surface area contributed by atoms with Crippen molar-refractivity contribution in [3.63, 3.8) is 0 Å². The quantitative estimate of drug-likeness (QED) is 0.894. The summed E-state index contributed by atoms with van der Waals surface area (Å²) < 4.78 is 0. The minimum atomic E-state index is -0.0170. The molecule has 0 aliphatic heterocycles. The van der Waals surface area contributed by atoms with Crippen LogP contribution in [0, 0.1) is 5.92 Å². The number of phenolic OH excluding ortho intramolecular Hbond substituents is 1. The predicted octanol–water partition coefficient (Wildman–Crippen LogP) is 2.40. The Bertz CT molecular complexity index is 513. The largest absolute Gasteiger partial charge is 0.508 e. The molecule has 4 nitrogen and oxygen atoms in total. The van der Waals surface area contributed by atoms with Gasteiger partial charge in [0.25, 0.3) is 0 Å². The van der Waals surface area contributed by atoms with Crippen LogP contribution >= 0.6 is 0 Å². The first-order chi connectivity index (χ1) is 10.1. The molecule has 1 amide bonds. The third-order valence-corrected chi connectivity index (χ3v) is 4.67. The van der Waals surface area contributed by atoms with Crippen molar-refractivity contribution >= 4 is 5.91 Å². The van der Waals surface area contributed by atoms with E-state index >= 15 is 0 Å². The summed E-state index contributed by atoms with van der Waals surface area (Å²) in [5, 5.41) is 9.59. The highest BCUT2D eigenvalue weighted by Crippen LogP contribution is 2.33. The first kappa shape index (κ1) is 14.4. The lowest BCUT2D eigenvalue weighted by molar-refractivity contribution is -0.138. The van der Waals surface area contributed by atoms with Crippen LogP contribution in [0.15, 0.2) is 24.3 Å². The summed E-state index contributed by atoms with van der Waals surface area (Å²) in [5.41, 5.74) is 7.15. The van der Waals surface area contributed by atoms with Crippen molar-refractivity contribution in [2.24, 2.45) is 11.7 Å². The standard InChI is InChI=1S/C17H24N2O2/c18-16-7-2-1-6-15(16)17(21)19(13-8-9-13)11-12-4-3-5-14(20)10-12/h3-5,10,13,15-16,20H,1-2,6-9,11,18H2. The number of carbonyl (C=O) groups is 1. The highest BCUT2D eigenvalue weighted by Gasteiger charge is 2.38. The SMILES string of the molecule is NC1CCCCC1C(=O)N(Cc1cccc(O)c1)C1CC1. The molecule has 2 fully saturated rings. The molecule has 21 heavy (non-hydrogen) atoms. The molecule has 0 spiro atoms. The van der Waals surface area contributed by atoms with Crippen LogP contribution < -0.4 is 5.73 Å². The lowest BCUT2D eigenvalue weighted by Crippen LogP contribution is -2.46. The van der Waals surface area contributed by atoms with Gasteiger partial charge in [-0.25, -0.2) is 0 Å². The van der Waals surface area contributed by atoms with E-state index in [0.717, 1.165) is 44.1 Å². The number of phenols is 1. The maximum atomic E-state index is 12.9. The van der Waals surface area contributed by atoms with Crippen LogP contribution in [0.1, 0.15) is 44.1 Å². The molecule has 4 heteroatoms. The van der Waals surface area contributed by atoms with Gasteiger partial charge in [0.2, 0.25) is 5.91 Å². The molecule has 1 aromatic rings. The molecular formula is C17H24N2O2. The first-order valence-corrected chi connectivity index (χ1v) is 7.99. The minimum absolute atomic E-state index is 0.0108. The van der Waals surface area contributed by atoms with Gasteiger partial charge in [0, 0.05) is 18.6 Å². The van der Waals surface area contributed by atoms with E-state index in [2.05, 4.69) is 0 Å². The number of benzene rings is 1. The Balaban J connectivity index is 1.73. The molecule has 3 N–H and O–H groups in total. The molecule has 114 valence electrons. The average Bonchev–Trinajstić information content (AvgIpc) is 3.29. The summed E-state index contributed by atoms with van der Waals surface area (Å²) in [6.45, 7) is 0.584. The van der Waals surface area contributed by atoms with Gasteiger partial charge < -0.3 is 15.7 Å². The van der Waals surface area contributed by atoms with E-state index in [0.29, 0.717) is 12.6 Å². The lowest BCUT2D eigenvalue weighted by atomic mass is 9.84. The van der Waals surface area contributed by atoms with E-state index in [-0.39, 0.29) is 23.6 Å². The van der Waals surface area contributed by atoms with Crippen LogP contribution in [0.25, 0.3) is 0 Å². The Morgan fingerprint density at radius 3 is 2.67 bits per heavy atom. The monoisotopic (exact) mass is 288 g/mol. The van der Waals surface area contributed by atoms with Crippen molar-refractivity contribution in [1.82, 2.24) is 4.90 Å². The van der Waals surface area contributed by atoms with E-state index < -0.39 is 0 Å². The van der Waals surface area contributed by atoms with Gasteiger partial charge in [-0.15, -0.1) is 0 Å². The Kier molecular flexibility index (Phi) is 4.15. The average molecular weight is 288 g/mol. The molecule has 2 saturated carbocycles. The van der Waals surface area contributed by atoms with Gasteiger partial charge in [-0.2, -0.15) is 0 Å². The van der Waals surface area contributed by atoms with E-state index in [1.807, 2.05) is 17.0 Å². The van der Waals surface area contributed by atoms with Gasteiger partial charge >= 0.3 is 0 Å². The first-order valence-electron chi connectivity index (χ1n) is 7.99. The highest BCUT2D eigenvalue weighted by atomic mass is 16.3. The Morgan fingerprint density at radius 2 is 2.00 bits per heavy atom. The molecule has 2 unspecified atom stereocenters. The normalized spacial score (nSPS) is 25.6. The van der Waals surface area contributed by atoms with Crippen molar-refractivity contribution in [3.05, 3.63) is 29.8 Å². The van der Waals surface area contributed by atoms with Crippen molar-refractivity contribution in [1.29, 1.82) is 0 Å². The number of aromatic hydroxyl groups is 1. The maximum Gasteiger partial charge on any atom is 0.227 e. The summed E-state index contributed by atoms with van der Waals surface area (Å²) in [4.78, 5) is 14.9. The molecule has 3 rings (SSSR count). The maximum absolute atomic E-state index is 12.9. The molecule has 0 heterocycles. The second kappa shape index (κ2) is 6.06. The number of nitrogens with two attached hydrogens (primary N) is 1. The van der Waals surface area contributed by atoms with E-state index in [4.69, 9.17) is 5.73 Å². The molecule has 2 aliphatic carbocycles. The van der Waals surface area contributed by atoms with Crippen LogP contribution in [0.4, 0.5) is 0 Å². The summed E-state index contributed by atoms with van der Waals surface area (Å²) in [5.74, 6) is 0.453. The Morgan fingerprint density at radius 1 is 1.24 bits per heavy atom. The van der Waals surface area contributed by atoms with E-state index in [1.54, 1.807) is 12.1 Å². The van der Waals surface area contributed by atoms with Gasteiger partial charge in [0.05, 0.1) is 5.92 Å². The molecule has 2 aliphatic rings. The highest BCUT2D eigenvalue weighted by molar-refractivity contribution is 5.80. The van der Waals surface area contributed by atoms with Crippen LogP contribution in [-0.4, -0.2) is 28.0 Å². The summed E-state index contributed by atoms with van der Waals surface area (Å²) in [6, 6.07) is 7.56. The Hall–Kier alpha value is -1.55. The number of hydrogen-bond donors (Lipinski definition) is 2. The van der Waals surface area contributed by atoms with Gasteiger partial charge in [0.15, 0.2) is 0 Å². The van der Waals surface area contributed by atoms with Gasteiger partial charge in [0.1, 0.15) is 5.75 Å². The second-order valence-corrected chi connectivity index (χ2v) is 6.42. The van der Waals surface area contributed by atoms with Crippen LogP contribution in [-0.2, 0) is 11.3 Å². The fourth-order valence-corrected chi connectivity index (χ4v) is 3.30. The zero-order valence-corrected chi connectivity index (χ0v) is 12.4. The number of amides is 1. The van der Waals surface area contributed by atoms with Crippen molar-refractivity contribution < 1.29 is 9.90 Å². The summed E-state index contributed by atoms with van der Waals surface area (Å²) >= 11 is 0. The van der Waals surface area contributed by atoms with Crippen LogP contribution in [0.2, 0.25) is 0 Å². The van der Waals surface area contributed by atoms with Gasteiger partial charge in [-0.3, -0.25) is 4.79 Å². The third-order valence-electron chi connectivity index (χ3n) is 4.67. The van der Waals surface area contributed by atoms with Crippen LogP contribution in [0.5, 0.6) is 5.75 Å². The fraction of sp³-hybridized carbons (Fsp3) is 0.588. The molecule has 0 aromatic heterocycles. The second-order valence-electron chi connectivity index (χ2n) is 6.42. The molecule has 2 atom stereocenters. The third kappa shape index (κ3) is 3.38. The fourth-order valence-electron chi connectivity index (χ4n) is 3.30. The zero-order valence-electron chi connectivity index (χ0n) is 12.4.